The summed E-state index contributed by atoms with van der Waals surface area (Å²) in [5, 5.41) is 41.8. The van der Waals surface area contributed by atoms with Gasteiger partial charge in [0.25, 0.3) is 0 Å². The molecule has 0 aromatic rings. The number of nitriles is 4. The molecule has 0 aliphatic carbocycles. The van der Waals surface area contributed by atoms with Crippen molar-refractivity contribution in [3.8, 4) is 24.3 Å². The van der Waals surface area contributed by atoms with E-state index in [4.69, 9.17) is 0 Å². The van der Waals surface area contributed by atoms with Crippen LogP contribution in [0.5, 0.6) is 0 Å². The number of nitrogens with zero attached hydrogens (tertiary/aromatic N) is 4. The molecule has 2 bridgehead atoms. The van der Waals surface area contributed by atoms with Gasteiger partial charge in [-0.2, -0.15) is 21.0 Å². The van der Waals surface area contributed by atoms with Gasteiger partial charge in [0, 0.05) is 10.1 Å². The minimum absolute atomic E-state index is 0.286. The van der Waals surface area contributed by atoms with E-state index in [1.54, 1.807) is 0 Å². The normalized spacial score (nSPS) is 28.5. The first-order chi connectivity index (χ1) is 15.2. The lowest BCUT2D eigenvalue weighted by molar-refractivity contribution is 0.189. The van der Waals surface area contributed by atoms with E-state index in [-0.39, 0.29) is 6.71 Å². The van der Waals surface area contributed by atoms with E-state index >= 15 is 0 Å². The van der Waals surface area contributed by atoms with Crippen LogP contribution >= 0.6 is 0 Å². The van der Waals surface area contributed by atoms with Crippen molar-refractivity contribution in [2.24, 2.45) is 10.8 Å². The molecule has 0 radical (unpaired) electrons. The van der Waals surface area contributed by atoms with Gasteiger partial charge in [0.05, 0.1) is 32.4 Å². The number of fused-ring (bicyclic) bond motifs is 2. The fourth-order valence-corrected chi connectivity index (χ4v) is 15.2. The van der Waals surface area contributed by atoms with Gasteiger partial charge in [-0.15, -0.1) is 0 Å². The fraction of sp³-hybridized carbons (Fsp3) is 0.769. The summed E-state index contributed by atoms with van der Waals surface area (Å²) in [6, 6.07) is 9.68. The van der Waals surface area contributed by atoms with Crippen LogP contribution in [0, 0.1) is 56.2 Å². The van der Waals surface area contributed by atoms with Crippen LogP contribution in [0.3, 0.4) is 0 Å². The Morgan fingerprint density at radius 1 is 0.719 bits per heavy atom. The summed E-state index contributed by atoms with van der Waals surface area (Å²) in [6.07, 6.45) is 7.89. The van der Waals surface area contributed by atoms with Gasteiger partial charge in [-0.1, -0.05) is 97.1 Å². The quantitative estimate of drug-likeness (QED) is 0.326. The lowest BCUT2D eigenvalue weighted by Gasteiger charge is -2.50. The maximum absolute atomic E-state index is 10.8. The molecule has 0 unspecified atom stereocenters. The molecular weight excluding hydrogens is 407 g/mol. The Morgan fingerprint density at radius 3 is 1.47 bits per heavy atom. The first kappa shape index (κ1) is 26.2. The number of hydrogen-bond acceptors (Lipinski definition) is 4. The largest absolute Gasteiger partial charge is 0.196 e. The first-order valence-electron chi connectivity index (χ1n) is 12.6. The third-order valence-electron chi connectivity index (χ3n) is 9.51. The molecule has 170 valence electrons. The Labute approximate surface area is 197 Å². The second-order valence-corrected chi connectivity index (χ2v) is 15.3. The highest BCUT2D eigenvalue weighted by Gasteiger charge is 2.91. The van der Waals surface area contributed by atoms with Crippen molar-refractivity contribution in [3.63, 3.8) is 0 Å². The molecule has 2 aliphatic heterocycles. The summed E-state index contributed by atoms with van der Waals surface area (Å²) in [6.45, 7) is 15.7. The molecule has 4 nitrogen and oxygen atoms in total. The maximum atomic E-state index is 10.8. The smallest absolute Gasteiger partial charge is 0.182 e. The predicted octanol–water partition coefficient (Wildman–Crippen LogP) is 7.43. The second kappa shape index (κ2) is 9.08. The van der Waals surface area contributed by atoms with Crippen molar-refractivity contribution in [1.29, 1.82) is 21.0 Å². The van der Waals surface area contributed by atoms with E-state index in [0.717, 1.165) is 57.6 Å². The average Bonchev–Trinajstić information content (AvgIpc) is 3.05. The summed E-state index contributed by atoms with van der Waals surface area (Å²) < 4.78 is 0. The summed E-state index contributed by atoms with van der Waals surface area (Å²) in [4.78, 5) is 0. The number of unbranched alkanes of at least 4 members (excludes halogenated alkanes) is 2. The van der Waals surface area contributed by atoms with E-state index in [2.05, 4.69) is 72.0 Å². The molecule has 0 spiro atoms. The van der Waals surface area contributed by atoms with Crippen LogP contribution < -0.4 is 0 Å². The molecule has 2 heterocycles. The molecule has 0 N–H and O–H groups in total. The Morgan fingerprint density at radius 2 is 1.12 bits per heavy atom. The number of allylic oxidation sites excluding steroid dienone is 2. The zero-order valence-electron chi connectivity index (χ0n) is 21.2. The van der Waals surface area contributed by atoms with Crippen LogP contribution in [0.1, 0.15) is 79.6 Å². The highest BCUT2D eigenvalue weighted by molar-refractivity contribution is 6.90. The zero-order valence-corrected chi connectivity index (χ0v) is 22.2. The van der Waals surface area contributed by atoms with Gasteiger partial charge >= 0.3 is 0 Å². The average molecular weight is 447 g/mol. The van der Waals surface area contributed by atoms with Crippen molar-refractivity contribution in [2.45, 2.75) is 115 Å². The molecule has 2 atom stereocenters. The summed E-state index contributed by atoms with van der Waals surface area (Å²) in [5.41, 5.74) is -0.658. The predicted molar refractivity (Wildman–Crippen MR) is 133 cm³/mol. The van der Waals surface area contributed by atoms with Crippen molar-refractivity contribution < 1.29 is 0 Å². The highest BCUT2D eigenvalue weighted by atomic mass is 28.3. The minimum atomic E-state index is -2.57. The topological polar surface area (TPSA) is 95.2 Å². The number of rotatable bonds is 10. The molecule has 0 aromatic heterocycles. The monoisotopic (exact) mass is 446 g/mol. The van der Waals surface area contributed by atoms with Gasteiger partial charge in [-0.3, -0.25) is 0 Å². The van der Waals surface area contributed by atoms with E-state index in [9.17, 15) is 21.0 Å². The van der Waals surface area contributed by atoms with E-state index < -0.39 is 29.0 Å². The first-order valence-corrected chi connectivity index (χ1v) is 15.6. The van der Waals surface area contributed by atoms with Gasteiger partial charge in [0.15, 0.2) is 17.5 Å². The molecule has 2 rings (SSSR count). The van der Waals surface area contributed by atoms with Crippen LogP contribution in [0.4, 0.5) is 0 Å². The zero-order chi connectivity index (χ0) is 24.4. The van der Waals surface area contributed by atoms with Crippen molar-refractivity contribution in [3.05, 3.63) is 11.0 Å². The standard InChI is InChI=1S/C26H39BN4Si/c1-8-13-15-25-21(10-3)22(27(11-4)12-5)26(16-14-9-2,32(25,6)7)24(19-30,20-31)23(25,17-28)18-29/h8-16H2,1-7H3/t25-,26+/m1/s1. The van der Waals surface area contributed by atoms with Crippen LogP contribution in [0.15, 0.2) is 11.0 Å². The molecule has 1 fully saturated rings. The third kappa shape index (κ3) is 2.46. The molecule has 0 aromatic carbocycles. The van der Waals surface area contributed by atoms with Crippen LogP contribution in [-0.4, -0.2) is 14.8 Å². The summed E-state index contributed by atoms with van der Waals surface area (Å²) in [5.74, 6) is 0. The Balaban J connectivity index is 3.29. The van der Waals surface area contributed by atoms with Crippen molar-refractivity contribution >= 4 is 14.8 Å². The molecule has 6 heteroatoms. The third-order valence-corrected chi connectivity index (χ3v) is 15.6. The Bertz CT molecular complexity index is 909. The van der Waals surface area contributed by atoms with Gasteiger partial charge in [0.1, 0.15) is 0 Å². The van der Waals surface area contributed by atoms with Gasteiger partial charge < -0.3 is 0 Å². The van der Waals surface area contributed by atoms with Crippen LogP contribution in [0.25, 0.3) is 0 Å². The van der Waals surface area contributed by atoms with Gasteiger partial charge in [-0.25, -0.2) is 0 Å². The van der Waals surface area contributed by atoms with Crippen LogP contribution in [0.2, 0.25) is 35.8 Å². The lowest BCUT2D eigenvalue weighted by atomic mass is 9.31. The SMILES string of the molecule is CCCC[C@]12C(B(CC)CC)=C(CC)[C@](CCCC)(C(C#N)(C#N)C1(C#N)C#N)[Si]2(C)C. The fourth-order valence-electron chi connectivity index (χ4n) is 8.29. The molecule has 32 heavy (non-hydrogen) atoms. The second-order valence-electron chi connectivity index (χ2n) is 10.3. The summed E-state index contributed by atoms with van der Waals surface area (Å²) in [7, 11) is -2.57. The van der Waals surface area contributed by atoms with E-state index in [0.29, 0.717) is 0 Å². The molecule has 0 saturated carbocycles. The van der Waals surface area contributed by atoms with Gasteiger partial charge in [0.2, 0.25) is 0 Å². The molecule has 2 aliphatic rings. The summed E-state index contributed by atoms with van der Waals surface area (Å²) >= 11 is 0. The molecule has 1 saturated heterocycles. The Hall–Kier alpha value is -2.02. The number of hydrogen-bond donors (Lipinski definition) is 0. The lowest BCUT2D eigenvalue weighted by Crippen LogP contribution is -2.51. The van der Waals surface area contributed by atoms with Crippen molar-refractivity contribution in [2.75, 3.05) is 0 Å². The minimum Gasteiger partial charge on any atom is -0.196 e. The maximum Gasteiger partial charge on any atom is 0.182 e. The van der Waals surface area contributed by atoms with E-state index in [1.165, 1.54) is 11.0 Å². The van der Waals surface area contributed by atoms with Crippen LogP contribution in [-0.2, 0) is 0 Å². The molecular formula is C26H39BN4Si. The molecule has 0 amide bonds. The van der Waals surface area contributed by atoms with Crippen molar-refractivity contribution in [1.82, 2.24) is 0 Å². The highest BCUT2D eigenvalue weighted by Crippen LogP contribution is 2.91. The van der Waals surface area contributed by atoms with Gasteiger partial charge in [-0.05, 0) is 19.3 Å². The van der Waals surface area contributed by atoms with E-state index in [1.807, 2.05) is 0 Å². The Kier molecular flexibility index (Phi) is 7.45.